The molecular formula is C13H15F2NO2. The third kappa shape index (κ3) is 2.78. The molecule has 1 fully saturated rings. The van der Waals surface area contributed by atoms with Gasteiger partial charge in [0.15, 0.2) is 0 Å². The molecule has 1 aromatic rings. The Labute approximate surface area is 104 Å². The molecule has 0 heterocycles. The van der Waals surface area contributed by atoms with E-state index in [9.17, 15) is 13.6 Å². The van der Waals surface area contributed by atoms with Gasteiger partial charge in [0.2, 0.25) is 0 Å². The predicted molar refractivity (Wildman–Crippen MR) is 63.8 cm³/mol. The third-order valence-corrected chi connectivity index (χ3v) is 3.23. The van der Waals surface area contributed by atoms with Crippen LogP contribution in [0.5, 0.6) is 0 Å². The number of benzene rings is 1. The zero-order chi connectivity index (χ0) is 13.1. The maximum Gasteiger partial charge on any atom is 0.341 e. The largest absolute Gasteiger partial charge is 0.477 e. The molecule has 0 bridgehead atoms. The van der Waals surface area contributed by atoms with E-state index in [1.807, 2.05) is 0 Å². The summed E-state index contributed by atoms with van der Waals surface area (Å²) in [6.07, 6.45) is 5.36. The highest BCUT2D eigenvalue weighted by molar-refractivity contribution is 5.88. The second-order valence-electron chi connectivity index (χ2n) is 4.60. The fraction of sp³-hybridized carbons (Fsp3) is 0.462. The van der Waals surface area contributed by atoms with Gasteiger partial charge in [-0.15, -0.1) is 0 Å². The van der Waals surface area contributed by atoms with Gasteiger partial charge in [-0.3, -0.25) is 0 Å². The van der Waals surface area contributed by atoms with Crippen molar-refractivity contribution in [1.82, 2.24) is 0 Å². The van der Waals surface area contributed by atoms with Crippen LogP contribution in [-0.4, -0.2) is 17.1 Å². The third-order valence-electron chi connectivity index (χ3n) is 3.23. The van der Waals surface area contributed by atoms with Gasteiger partial charge in [-0.1, -0.05) is 19.3 Å². The van der Waals surface area contributed by atoms with Gasteiger partial charge >= 0.3 is 5.97 Å². The van der Waals surface area contributed by atoms with E-state index in [1.165, 1.54) is 6.42 Å². The Morgan fingerprint density at radius 3 is 2.22 bits per heavy atom. The number of carboxylic acid groups (broad SMARTS) is 1. The van der Waals surface area contributed by atoms with Gasteiger partial charge in [0.1, 0.15) is 17.2 Å². The lowest BCUT2D eigenvalue weighted by Crippen LogP contribution is -2.22. The highest BCUT2D eigenvalue weighted by atomic mass is 19.1. The molecule has 0 aromatic heterocycles. The van der Waals surface area contributed by atoms with E-state index in [0.29, 0.717) is 5.69 Å². The number of carboxylic acids is 1. The van der Waals surface area contributed by atoms with E-state index < -0.39 is 23.2 Å². The van der Waals surface area contributed by atoms with E-state index in [-0.39, 0.29) is 6.04 Å². The normalized spacial score (nSPS) is 16.6. The summed E-state index contributed by atoms with van der Waals surface area (Å²) >= 11 is 0. The monoisotopic (exact) mass is 255 g/mol. The highest BCUT2D eigenvalue weighted by Gasteiger charge is 2.19. The SMILES string of the molecule is O=C(O)c1c(F)cc(NC2CCCCC2)cc1F. The summed E-state index contributed by atoms with van der Waals surface area (Å²) in [6.45, 7) is 0. The van der Waals surface area contributed by atoms with Crippen molar-refractivity contribution >= 4 is 11.7 Å². The number of nitrogens with one attached hydrogen (secondary N) is 1. The van der Waals surface area contributed by atoms with E-state index in [4.69, 9.17) is 5.11 Å². The summed E-state index contributed by atoms with van der Waals surface area (Å²) in [5, 5.41) is 11.7. The number of carbonyl (C=O) groups is 1. The molecule has 98 valence electrons. The molecule has 0 amide bonds. The molecule has 2 rings (SSSR count). The Kier molecular flexibility index (Phi) is 3.79. The zero-order valence-electron chi connectivity index (χ0n) is 9.88. The minimum Gasteiger partial charge on any atom is -0.477 e. The standard InChI is InChI=1S/C13H15F2NO2/c14-10-6-9(7-11(15)12(10)13(17)18)16-8-4-2-1-3-5-8/h6-8,16H,1-5H2,(H,17,18). The van der Waals surface area contributed by atoms with E-state index >= 15 is 0 Å². The lowest BCUT2D eigenvalue weighted by molar-refractivity contribution is 0.0686. The molecule has 2 N–H and O–H groups in total. The quantitative estimate of drug-likeness (QED) is 0.870. The minimum absolute atomic E-state index is 0.216. The fourth-order valence-corrected chi connectivity index (χ4v) is 2.34. The summed E-state index contributed by atoms with van der Waals surface area (Å²) in [5.41, 5.74) is -0.592. The van der Waals surface area contributed by atoms with Gasteiger partial charge in [-0.2, -0.15) is 0 Å². The van der Waals surface area contributed by atoms with Crippen LogP contribution in [0.2, 0.25) is 0 Å². The summed E-state index contributed by atoms with van der Waals surface area (Å²) in [5.74, 6) is -3.67. The molecule has 0 atom stereocenters. The molecule has 0 spiro atoms. The summed E-state index contributed by atoms with van der Waals surface area (Å²) in [4.78, 5) is 10.6. The van der Waals surface area contributed by atoms with Crippen LogP contribution in [-0.2, 0) is 0 Å². The lowest BCUT2D eigenvalue weighted by atomic mass is 9.95. The Balaban J connectivity index is 2.17. The van der Waals surface area contributed by atoms with E-state index in [1.54, 1.807) is 0 Å². The first kappa shape index (κ1) is 12.8. The Hall–Kier alpha value is -1.65. The molecule has 18 heavy (non-hydrogen) atoms. The topological polar surface area (TPSA) is 49.3 Å². The average molecular weight is 255 g/mol. The fourth-order valence-electron chi connectivity index (χ4n) is 2.34. The molecule has 1 aromatic carbocycles. The van der Waals surface area contributed by atoms with Gasteiger partial charge < -0.3 is 10.4 Å². The number of aromatic carboxylic acids is 1. The van der Waals surface area contributed by atoms with Gasteiger partial charge in [0.05, 0.1) is 0 Å². The van der Waals surface area contributed by atoms with Crippen molar-refractivity contribution in [2.24, 2.45) is 0 Å². The molecule has 1 aliphatic carbocycles. The van der Waals surface area contributed by atoms with Crippen LogP contribution < -0.4 is 5.32 Å². The molecule has 1 saturated carbocycles. The second kappa shape index (κ2) is 5.33. The van der Waals surface area contributed by atoms with Gasteiger partial charge in [0, 0.05) is 11.7 Å². The van der Waals surface area contributed by atoms with Crippen LogP contribution >= 0.6 is 0 Å². The van der Waals surface area contributed by atoms with Crippen LogP contribution in [0.4, 0.5) is 14.5 Å². The molecule has 0 aliphatic heterocycles. The maximum absolute atomic E-state index is 13.5. The number of halogens is 2. The van der Waals surface area contributed by atoms with Crippen molar-refractivity contribution < 1.29 is 18.7 Å². The molecule has 5 heteroatoms. The molecule has 0 radical (unpaired) electrons. The van der Waals surface area contributed by atoms with Crippen molar-refractivity contribution in [1.29, 1.82) is 0 Å². The Morgan fingerprint density at radius 1 is 1.17 bits per heavy atom. The molecular weight excluding hydrogens is 240 g/mol. The number of hydrogen-bond donors (Lipinski definition) is 2. The van der Waals surface area contributed by atoms with Crippen molar-refractivity contribution in [3.63, 3.8) is 0 Å². The van der Waals surface area contributed by atoms with Crippen molar-refractivity contribution in [3.05, 3.63) is 29.3 Å². The smallest absolute Gasteiger partial charge is 0.341 e. The Morgan fingerprint density at radius 2 is 1.72 bits per heavy atom. The van der Waals surface area contributed by atoms with Crippen LogP contribution in [0.1, 0.15) is 42.5 Å². The first-order valence-corrected chi connectivity index (χ1v) is 6.07. The summed E-state index contributed by atoms with van der Waals surface area (Å²) in [6, 6.07) is 2.30. The first-order chi connectivity index (χ1) is 8.58. The van der Waals surface area contributed by atoms with Crippen LogP contribution in [0.25, 0.3) is 0 Å². The van der Waals surface area contributed by atoms with E-state index in [2.05, 4.69) is 5.32 Å². The summed E-state index contributed by atoms with van der Waals surface area (Å²) < 4.78 is 26.9. The maximum atomic E-state index is 13.5. The Bertz CT molecular complexity index is 433. The minimum atomic E-state index is -1.59. The molecule has 3 nitrogen and oxygen atoms in total. The number of anilines is 1. The van der Waals surface area contributed by atoms with Crippen LogP contribution in [0.3, 0.4) is 0 Å². The van der Waals surface area contributed by atoms with Crippen molar-refractivity contribution in [3.8, 4) is 0 Å². The number of rotatable bonds is 3. The first-order valence-electron chi connectivity index (χ1n) is 6.07. The van der Waals surface area contributed by atoms with Gasteiger partial charge in [-0.05, 0) is 25.0 Å². The van der Waals surface area contributed by atoms with E-state index in [0.717, 1.165) is 37.8 Å². The molecule has 0 unspecified atom stereocenters. The summed E-state index contributed by atoms with van der Waals surface area (Å²) in [7, 11) is 0. The second-order valence-corrected chi connectivity index (χ2v) is 4.60. The predicted octanol–water partition coefficient (Wildman–Crippen LogP) is 3.41. The van der Waals surface area contributed by atoms with Gasteiger partial charge in [0.25, 0.3) is 0 Å². The average Bonchev–Trinajstić information content (AvgIpc) is 2.28. The number of hydrogen-bond acceptors (Lipinski definition) is 2. The van der Waals surface area contributed by atoms with Crippen LogP contribution in [0.15, 0.2) is 12.1 Å². The molecule has 1 aliphatic rings. The van der Waals surface area contributed by atoms with Crippen LogP contribution in [0, 0.1) is 11.6 Å². The highest BCUT2D eigenvalue weighted by Crippen LogP contribution is 2.24. The lowest BCUT2D eigenvalue weighted by Gasteiger charge is -2.24. The zero-order valence-corrected chi connectivity index (χ0v) is 9.88. The molecule has 0 saturated heterocycles. The van der Waals surface area contributed by atoms with Gasteiger partial charge in [-0.25, -0.2) is 13.6 Å². The van der Waals surface area contributed by atoms with Crippen molar-refractivity contribution in [2.45, 2.75) is 38.1 Å². The van der Waals surface area contributed by atoms with Crippen molar-refractivity contribution in [2.75, 3.05) is 5.32 Å².